The van der Waals surface area contributed by atoms with Crippen LogP contribution in [0.4, 0.5) is 0 Å². The molecule has 6 heteroatoms. The zero-order valence-electron chi connectivity index (χ0n) is 13.4. The van der Waals surface area contributed by atoms with E-state index in [0.29, 0.717) is 11.8 Å². The average molecular weight is 348 g/mol. The molecule has 0 aromatic carbocycles. The van der Waals surface area contributed by atoms with Crippen molar-refractivity contribution < 1.29 is 4.79 Å². The number of amides is 1. The van der Waals surface area contributed by atoms with E-state index < -0.39 is 0 Å². The third-order valence-electron chi connectivity index (χ3n) is 4.70. The number of aromatic nitrogens is 2. The van der Waals surface area contributed by atoms with E-state index in [-0.39, 0.29) is 5.91 Å². The van der Waals surface area contributed by atoms with Gasteiger partial charge in [-0.2, -0.15) is 0 Å². The zero-order valence-corrected chi connectivity index (χ0v) is 15.0. The van der Waals surface area contributed by atoms with Gasteiger partial charge in [-0.25, -0.2) is 9.97 Å². The maximum absolute atomic E-state index is 12.5. The molecule has 0 spiro atoms. The van der Waals surface area contributed by atoms with Gasteiger partial charge in [0.2, 0.25) is 5.91 Å². The van der Waals surface area contributed by atoms with Gasteiger partial charge in [-0.1, -0.05) is 11.8 Å². The third kappa shape index (κ3) is 2.98. The highest BCUT2D eigenvalue weighted by Crippen LogP contribution is 2.39. The van der Waals surface area contributed by atoms with Crippen LogP contribution in [0.3, 0.4) is 0 Å². The van der Waals surface area contributed by atoms with Crippen molar-refractivity contribution in [2.45, 2.75) is 56.5 Å². The molecule has 122 valence electrons. The summed E-state index contributed by atoms with van der Waals surface area (Å²) in [5, 5.41) is 2.22. The molecule has 1 saturated carbocycles. The standard InChI is InChI=1S/C17H21N3OS2/c1-2-20(11-7-8-11)14(21)9-22-16-15-12-5-3-4-6-13(12)23-17(15)19-10-18-16/h10-11H,2-9H2,1H3. The van der Waals surface area contributed by atoms with Crippen LogP contribution in [0.25, 0.3) is 10.2 Å². The fraction of sp³-hybridized carbons (Fsp3) is 0.588. The quantitative estimate of drug-likeness (QED) is 0.611. The van der Waals surface area contributed by atoms with E-state index in [1.54, 1.807) is 18.1 Å². The molecular formula is C17H21N3OS2. The van der Waals surface area contributed by atoms with Gasteiger partial charge in [-0.05, 0) is 51.0 Å². The lowest BCUT2D eigenvalue weighted by Gasteiger charge is -2.20. The van der Waals surface area contributed by atoms with Gasteiger partial charge in [-0.3, -0.25) is 4.79 Å². The Labute approximate surface area is 144 Å². The predicted octanol–water partition coefficient (Wildman–Crippen LogP) is 3.67. The van der Waals surface area contributed by atoms with Crippen molar-refractivity contribution >= 4 is 39.2 Å². The lowest BCUT2D eigenvalue weighted by Crippen LogP contribution is -2.34. The minimum absolute atomic E-state index is 0.246. The van der Waals surface area contributed by atoms with Crippen molar-refractivity contribution in [2.75, 3.05) is 12.3 Å². The van der Waals surface area contributed by atoms with E-state index in [4.69, 9.17) is 0 Å². The molecule has 0 saturated heterocycles. The molecule has 2 heterocycles. The Hall–Kier alpha value is -1.14. The molecule has 2 aromatic heterocycles. The van der Waals surface area contributed by atoms with Crippen molar-refractivity contribution in [3.05, 3.63) is 16.8 Å². The number of carbonyl (C=O) groups is 1. The monoisotopic (exact) mass is 347 g/mol. The number of thiophene rings is 1. The van der Waals surface area contributed by atoms with Gasteiger partial charge < -0.3 is 4.90 Å². The number of rotatable bonds is 5. The summed E-state index contributed by atoms with van der Waals surface area (Å²) in [4.78, 5) is 26.0. The fourth-order valence-corrected chi connectivity index (χ4v) is 5.61. The molecule has 1 fully saturated rings. The molecule has 4 rings (SSSR count). The number of aryl methyl sites for hydroxylation is 2. The minimum Gasteiger partial charge on any atom is -0.339 e. The second-order valence-corrected chi connectivity index (χ2v) is 8.32. The first-order valence-electron chi connectivity index (χ1n) is 8.45. The van der Waals surface area contributed by atoms with Gasteiger partial charge in [0, 0.05) is 22.8 Å². The van der Waals surface area contributed by atoms with Crippen LogP contribution >= 0.6 is 23.1 Å². The van der Waals surface area contributed by atoms with E-state index in [1.165, 1.54) is 47.9 Å². The van der Waals surface area contributed by atoms with Crippen LogP contribution in [0.5, 0.6) is 0 Å². The minimum atomic E-state index is 0.246. The topological polar surface area (TPSA) is 46.1 Å². The number of thioether (sulfide) groups is 1. The van der Waals surface area contributed by atoms with Gasteiger partial charge in [0.1, 0.15) is 16.2 Å². The van der Waals surface area contributed by atoms with Crippen LogP contribution in [0.2, 0.25) is 0 Å². The number of hydrogen-bond acceptors (Lipinski definition) is 5. The summed E-state index contributed by atoms with van der Waals surface area (Å²) in [7, 11) is 0. The molecule has 2 aromatic rings. The summed E-state index contributed by atoms with van der Waals surface area (Å²) in [6.45, 7) is 2.89. The largest absolute Gasteiger partial charge is 0.339 e. The first kappa shape index (κ1) is 15.4. The first-order valence-corrected chi connectivity index (χ1v) is 10.3. The summed E-state index contributed by atoms with van der Waals surface area (Å²) in [5.74, 6) is 0.733. The predicted molar refractivity (Wildman–Crippen MR) is 95.2 cm³/mol. The van der Waals surface area contributed by atoms with Gasteiger partial charge in [0.05, 0.1) is 5.75 Å². The molecule has 0 atom stereocenters. The van der Waals surface area contributed by atoms with Crippen molar-refractivity contribution in [2.24, 2.45) is 0 Å². The Kier molecular flexibility index (Phi) is 4.28. The molecular weight excluding hydrogens is 326 g/mol. The summed E-state index contributed by atoms with van der Waals surface area (Å²) in [5.41, 5.74) is 1.45. The molecule has 0 N–H and O–H groups in total. The molecule has 0 bridgehead atoms. The zero-order chi connectivity index (χ0) is 15.8. The normalized spacial score (nSPS) is 17.3. The molecule has 0 radical (unpaired) electrons. The average Bonchev–Trinajstić information content (AvgIpc) is 3.32. The van der Waals surface area contributed by atoms with E-state index in [2.05, 4.69) is 16.9 Å². The Morgan fingerprint density at radius 2 is 2.17 bits per heavy atom. The second-order valence-electron chi connectivity index (χ2n) is 6.27. The first-order chi connectivity index (χ1) is 11.3. The van der Waals surface area contributed by atoms with Crippen molar-refractivity contribution in [1.29, 1.82) is 0 Å². The number of nitrogens with zero attached hydrogens (tertiary/aromatic N) is 3. The van der Waals surface area contributed by atoms with Gasteiger partial charge in [-0.15, -0.1) is 11.3 Å². The molecule has 2 aliphatic carbocycles. The number of hydrogen-bond donors (Lipinski definition) is 0. The van der Waals surface area contributed by atoms with Crippen LogP contribution in [0.15, 0.2) is 11.4 Å². The van der Waals surface area contributed by atoms with E-state index in [1.807, 2.05) is 16.2 Å². The maximum Gasteiger partial charge on any atom is 0.233 e. The molecule has 4 nitrogen and oxygen atoms in total. The van der Waals surface area contributed by atoms with Crippen LogP contribution in [0, 0.1) is 0 Å². The molecule has 23 heavy (non-hydrogen) atoms. The Balaban J connectivity index is 1.56. The van der Waals surface area contributed by atoms with Gasteiger partial charge in [0.25, 0.3) is 0 Å². The van der Waals surface area contributed by atoms with Crippen LogP contribution in [-0.4, -0.2) is 39.1 Å². The Bertz CT molecular complexity index is 739. The fourth-order valence-electron chi connectivity index (χ4n) is 3.41. The van der Waals surface area contributed by atoms with Gasteiger partial charge in [0.15, 0.2) is 0 Å². The van der Waals surface area contributed by atoms with Crippen LogP contribution in [-0.2, 0) is 17.6 Å². The summed E-state index contributed by atoms with van der Waals surface area (Å²) < 4.78 is 0. The van der Waals surface area contributed by atoms with Crippen LogP contribution < -0.4 is 0 Å². The van der Waals surface area contributed by atoms with E-state index in [9.17, 15) is 4.79 Å². The highest BCUT2D eigenvalue weighted by Gasteiger charge is 2.31. The SMILES string of the molecule is CCN(C(=O)CSc1ncnc2sc3c(c12)CCCC3)C1CC1. The highest BCUT2D eigenvalue weighted by molar-refractivity contribution is 8.00. The number of carbonyl (C=O) groups excluding carboxylic acids is 1. The van der Waals surface area contributed by atoms with Crippen molar-refractivity contribution in [3.8, 4) is 0 Å². The highest BCUT2D eigenvalue weighted by atomic mass is 32.2. The Morgan fingerprint density at radius 1 is 1.35 bits per heavy atom. The molecule has 1 amide bonds. The van der Waals surface area contributed by atoms with E-state index in [0.717, 1.165) is 22.8 Å². The molecule has 0 unspecified atom stereocenters. The van der Waals surface area contributed by atoms with Crippen molar-refractivity contribution in [3.63, 3.8) is 0 Å². The van der Waals surface area contributed by atoms with E-state index >= 15 is 0 Å². The number of fused-ring (bicyclic) bond motifs is 3. The smallest absolute Gasteiger partial charge is 0.233 e. The third-order valence-corrected chi connectivity index (χ3v) is 6.87. The van der Waals surface area contributed by atoms with Crippen molar-refractivity contribution in [1.82, 2.24) is 14.9 Å². The summed E-state index contributed by atoms with van der Waals surface area (Å²) in [6, 6.07) is 0.493. The molecule has 0 aliphatic heterocycles. The maximum atomic E-state index is 12.5. The Morgan fingerprint density at radius 3 is 2.96 bits per heavy atom. The summed E-state index contributed by atoms with van der Waals surface area (Å²) >= 11 is 3.40. The van der Waals surface area contributed by atoms with Crippen LogP contribution in [0.1, 0.15) is 43.0 Å². The second kappa shape index (κ2) is 6.40. The lowest BCUT2D eigenvalue weighted by atomic mass is 9.97. The lowest BCUT2D eigenvalue weighted by molar-refractivity contribution is -0.128. The van der Waals surface area contributed by atoms with Gasteiger partial charge >= 0.3 is 0 Å². The summed E-state index contributed by atoms with van der Waals surface area (Å²) in [6.07, 6.45) is 8.82. The molecule has 2 aliphatic rings.